The van der Waals surface area contributed by atoms with Crippen molar-refractivity contribution >= 4 is 23.3 Å². The topological polar surface area (TPSA) is 67.3 Å². The Balaban J connectivity index is 1.59. The minimum atomic E-state index is -0.149. The second-order valence-electron chi connectivity index (χ2n) is 5.71. The Morgan fingerprint density at radius 1 is 1.42 bits per heavy atom. The van der Waals surface area contributed by atoms with Gasteiger partial charge in [0.15, 0.2) is 0 Å². The van der Waals surface area contributed by atoms with Crippen molar-refractivity contribution < 1.29 is 9.53 Å². The number of aromatic nitrogens is 2. The molecule has 2 amide bonds. The average molecular weight is 347 g/mol. The molecule has 6 nitrogen and oxygen atoms in total. The quantitative estimate of drug-likeness (QED) is 0.923. The van der Waals surface area contributed by atoms with Gasteiger partial charge in [0.25, 0.3) is 0 Å². The third-order valence-corrected chi connectivity index (χ3v) is 4.01. The molecule has 2 heterocycles. The van der Waals surface area contributed by atoms with Crippen LogP contribution in [0.25, 0.3) is 0 Å². The van der Waals surface area contributed by atoms with E-state index < -0.39 is 0 Å². The Hall–Kier alpha value is -2.34. The van der Waals surface area contributed by atoms with Gasteiger partial charge in [-0.05, 0) is 38.0 Å². The molecular formula is C17H19ClN4O2. The number of hydrogen-bond acceptors (Lipinski definition) is 4. The van der Waals surface area contributed by atoms with E-state index in [1.54, 1.807) is 35.4 Å². The molecule has 126 valence electrons. The molecule has 2 aromatic rings. The molecule has 1 N–H and O–H groups in total. The highest BCUT2D eigenvalue weighted by atomic mass is 35.5. The van der Waals surface area contributed by atoms with Crippen molar-refractivity contribution in [1.29, 1.82) is 0 Å². The van der Waals surface area contributed by atoms with Gasteiger partial charge in [0.2, 0.25) is 5.88 Å². The number of likely N-dealkylation sites (tertiary alicyclic amines) is 1. The van der Waals surface area contributed by atoms with Crippen molar-refractivity contribution in [1.82, 2.24) is 14.9 Å². The van der Waals surface area contributed by atoms with Crippen molar-refractivity contribution in [2.45, 2.75) is 25.9 Å². The summed E-state index contributed by atoms with van der Waals surface area (Å²) in [5.41, 5.74) is 0.682. The molecule has 0 aliphatic carbocycles. The third kappa shape index (κ3) is 4.35. The molecule has 7 heteroatoms. The van der Waals surface area contributed by atoms with Gasteiger partial charge in [-0.3, -0.25) is 0 Å². The SMILES string of the molecule is Cc1nccc(OC2CCCN(C(=O)Nc3cccc(Cl)c3)C2)n1. The average Bonchev–Trinajstić information content (AvgIpc) is 2.55. The Morgan fingerprint density at radius 3 is 3.08 bits per heavy atom. The second kappa shape index (κ2) is 7.49. The molecule has 1 atom stereocenters. The molecule has 1 aliphatic heterocycles. The second-order valence-corrected chi connectivity index (χ2v) is 6.15. The van der Waals surface area contributed by atoms with Crippen LogP contribution in [0, 0.1) is 6.92 Å². The Labute approximate surface area is 145 Å². The molecule has 1 fully saturated rings. The Bertz CT molecular complexity index is 725. The Kier molecular flexibility index (Phi) is 5.15. The number of halogens is 1. The number of carbonyl (C=O) groups is 1. The van der Waals surface area contributed by atoms with Crippen LogP contribution in [0.2, 0.25) is 5.02 Å². The van der Waals surface area contributed by atoms with E-state index in [0.29, 0.717) is 35.5 Å². The fourth-order valence-corrected chi connectivity index (χ4v) is 2.85. The summed E-state index contributed by atoms with van der Waals surface area (Å²) < 4.78 is 5.89. The van der Waals surface area contributed by atoms with Crippen molar-refractivity contribution in [3.63, 3.8) is 0 Å². The molecule has 1 aromatic carbocycles. The summed E-state index contributed by atoms with van der Waals surface area (Å²) in [5.74, 6) is 1.21. The predicted octanol–water partition coefficient (Wildman–Crippen LogP) is 3.51. The molecule has 24 heavy (non-hydrogen) atoms. The highest BCUT2D eigenvalue weighted by Crippen LogP contribution is 2.19. The maximum absolute atomic E-state index is 12.4. The molecule has 1 aromatic heterocycles. The van der Waals surface area contributed by atoms with Crippen LogP contribution in [0.5, 0.6) is 5.88 Å². The lowest BCUT2D eigenvalue weighted by atomic mass is 10.1. The fraction of sp³-hybridized carbons (Fsp3) is 0.353. The van der Waals surface area contributed by atoms with Gasteiger partial charge in [-0.25, -0.2) is 9.78 Å². The largest absolute Gasteiger partial charge is 0.472 e. The summed E-state index contributed by atoms with van der Waals surface area (Å²) in [7, 11) is 0. The summed E-state index contributed by atoms with van der Waals surface area (Å²) in [5, 5.41) is 3.46. The van der Waals surface area contributed by atoms with Gasteiger partial charge in [0.1, 0.15) is 11.9 Å². The van der Waals surface area contributed by atoms with Gasteiger partial charge >= 0.3 is 6.03 Å². The number of rotatable bonds is 3. The van der Waals surface area contributed by atoms with Crippen LogP contribution in [0.1, 0.15) is 18.7 Å². The number of aryl methyl sites for hydroxylation is 1. The third-order valence-electron chi connectivity index (χ3n) is 3.78. The minimum absolute atomic E-state index is 0.0711. The minimum Gasteiger partial charge on any atom is -0.472 e. The lowest BCUT2D eigenvalue weighted by Gasteiger charge is -2.32. The van der Waals surface area contributed by atoms with Crippen LogP contribution in [-0.2, 0) is 0 Å². The zero-order chi connectivity index (χ0) is 16.9. The van der Waals surface area contributed by atoms with E-state index in [9.17, 15) is 4.79 Å². The molecule has 1 aliphatic rings. The first-order chi connectivity index (χ1) is 11.6. The van der Waals surface area contributed by atoms with Crippen LogP contribution in [0.15, 0.2) is 36.5 Å². The van der Waals surface area contributed by atoms with Gasteiger partial charge in [-0.1, -0.05) is 17.7 Å². The summed E-state index contributed by atoms with van der Waals surface area (Å²) in [6, 6.07) is 8.69. The van der Waals surface area contributed by atoms with E-state index in [1.165, 1.54) is 0 Å². The highest BCUT2D eigenvalue weighted by molar-refractivity contribution is 6.30. The smallest absolute Gasteiger partial charge is 0.321 e. The molecule has 0 saturated carbocycles. The molecule has 0 bridgehead atoms. The number of benzene rings is 1. The van der Waals surface area contributed by atoms with Gasteiger partial charge in [-0.15, -0.1) is 0 Å². The number of piperidine rings is 1. The summed E-state index contributed by atoms with van der Waals surface area (Å²) in [6.45, 7) is 3.04. The van der Waals surface area contributed by atoms with Crippen LogP contribution >= 0.6 is 11.6 Å². The molecule has 1 unspecified atom stereocenters. The summed E-state index contributed by atoms with van der Waals surface area (Å²) >= 11 is 5.94. The van der Waals surface area contributed by atoms with Crippen LogP contribution < -0.4 is 10.1 Å². The first kappa shape index (κ1) is 16.5. The van der Waals surface area contributed by atoms with Gasteiger partial charge < -0.3 is 15.0 Å². The molecule has 0 spiro atoms. The van der Waals surface area contributed by atoms with Crippen molar-refractivity contribution in [3.8, 4) is 5.88 Å². The molecule has 0 radical (unpaired) electrons. The highest BCUT2D eigenvalue weighted by Gasteiger charge is 2.25. The standard InChI is InChI=1S/C17H19ClN4O2/c1-12-19-8-7-16(20-12)24-15-6-3-9-22(11-15)17(23)21-14-5-2-4-13(18)10-14/h2,4-5,7-8,10,15H,3,6,9,11H2,1H3,(H,21,23). The maximum Gasteiger partial charge on any atom is 0.321 e. The number of anilines is 1. The monoisotopic (exact) mass is 346 g/mol. The van der Waals surface area contributed by atoms with Gasteiger partial charge in [0.05, 0.1) is 6.54 Å². The van der Waals surface area contributed by atoms with E-state index >= 15 is 0 Å². The molecule has 3 rings (SSSR count). The number of nitrogens with zero attached hydrogens (tertiary/aromatic N) is 3. The number of carbonyl (C=O) groups excluding carboxylic acids is 1. The van der Waals surface area contributed by atoms with Gasteiger partial charge in [0, 0.05) is 29.5 Å². The van der Waals surface area contributed by atoms with Crippen LogP contribution in [0.3, 0.4) is 0 Å². The van der Waals surface area contributed by atoms with E-state index in [0.717, 1.165) is 12.8 Å². The summed E-state index contributed by atoms with van der Waals surface area (Å²) in [6.07, 6.45) is 3.38. The Morgan fingerprint density at radius 2 is 2.29 bits per heavy atom. The van der Waals surface area contributed by atoms with Crippen molar-refractivity contribution in [3.05, 3.63) is 47.4 Å². The van der Waals surface area contributed by atoms with Crippen LogP contribution in [-0.4, -0.2) is 40.1 Å². The lowest BCUT2D eigenvalue weighted by molar-refractivity contribution is 0.102. The summed E-state index contributed by atoms with van der Waals surface area (Å²) in [4.78, 5) is 22.5. The molecular weight excluding hydrogens is 328 g/mol. The number of ether oxygens (including phenoxy) is 1. The van der Waals surface area contributed by atoms with E-state index in [1.807, 2.05) is 13.0 Å². The normalized spacial score (nSPS) is 17.4. The number of nitrogens with one attached hydrogen (secondary N) is 1. The van der Waals surface area contributed by atoms with Crippen LogP contribution in [0.4, 0.5) is 10.5 Å². The zero-order valence-corrected chi connectivity index (χ0v) is 14.2. The number of hydrogen-bond donors (Lipinski definition) is 1. The van der Waals surface area contributed by atoms with Gasteiger partial charge in [-0.2, -0.15) is 4.98 Å². The van der Waals surface area contributed by atoms with E-state index in [4.69, 9.17) is 16.3 Å². The predicted molar refractivity (Wildman–Crippen MR) is 92.5 cm³/mol. The fourth-order valence-electron chi connectivity index (χ4n) is 2.66. The first-order valence-corrected chi connectivity index (χ1v) is 8.26. The zero-order valence-electron chi connectivity index (χ0n) is 13.4. The number of urea groups is 1. The van der Waals surface area contributed by atoms with Crippen molar-refractivity contribution in [2.75, 3.05) is 18.4 Å². The molecule has 1 saturated heterocycles. The lowest BCUT2D eigenvalue weighted by Crippen LogP contribution is -2.46. The maximum atomic E-state index is 12.4. The number of amides is 2. The van der Waals surface area contributed by atoms with E-state index in [-0.39, 0.29) is 12.1 Å². The van der Waals surface area contributed by atoms with Crippen molar-refractivity contribution in [2.24, 2.45) is 0 Å². The first-order valence-electron chi connectivity index (χ1n) is 7.88. The van der Waals surface area contributed by atoms with E-state index in [2.05, 4.69) is 15.3 Å².